The van der Waals surface area contributed by atoms with E-state index in [1.165, 1.54) is 44.7 Å². The predicted octanol–water partition coefficient (Wildman–Crippen LogP) is 13.2. The van der Waals surface area contributed by atoms with Crippen molar-refractivity contribution in [3.8, 4) is 5.69 Å². The summed E-state index contributed by atoms with van der Waals surface area (Å²) in [6, 6.07) is 50.6. The van der Waals surface area contributed by atoms with Crippen LogP contribution in [0.25, 0.3) is 72.4 Å². The summed E-state index contributed by atoms with van der Waals surface area (Å²) in [5.41, 5.74) is 8.05. The molecule has 0 aliphatic heterocycles. The van der Waals surface area contributed by atoms with Crippen molar-refractivity contribution in [2.24, 2.45) is 0 Å². The van der Waals surface area contributed by atoms with Crippen LogP contribution in [0.4, 0.5) is 25.8 Å². The first-order valence-corrected chi connectivity index (χ1v) is 16.9. The van der Waals surface area contributed by atoms with E-state index in [9.17, 15) is 0 Å². The molecule has 0 fully saturated rings. The summed E-state index contributed by atoms with van der Waals surface area (Å²) < 4.78 is 39.0. The van der Waals surface area contributed by atoms with E-state index < -0.39 is 11.6 Å². The van der Waals surface area contributed by atoms with Gasteiger partial charge in [0.05, 0.1) is 28.1 Å². The van der Waals surface area contributed by atoms with Crippen molar-refractivity contribution in [3.63, 3.8) is 0 Å². The summed E-state index contributed by atoms with van der Waals surface area (Å²) in [4.78, 5) is 1.59. The van der Waals surface area contributed by atoms with Crippen LogP contribution in [-0.4, -0.2) is 4.57 Å². The Hall–Kier alpha value is -6.72. The molecule has 10 aromatic rings. The van der Waals surface area contributed by atoms with E-state index in [1.807, 2.05) is 30.3 Å². The molecule has 0 spiro atoms. The van der Waals surface area contributed by atoms with Gasteiger partial charge in [0, 0.05) is 33.3 Å². The predicted molar refractivity (Wildman–Crippen MR) is 207 cm³/mol. The summed E-state index contributed by atoms with van der Waals surface area (Å²) in [7, 11) is 0. The van der Waals surface area contributed by atoms with Gasteiger partial charge in [-0.3, -0.25) is 0 Å². The summed E-state index contributed by atoms with van der Waals surface area (Å²) in [6.07, 6.45) is 4.26. The van der Waals surface area contributed by atoms with Crippen LogP contribution in [0.1, 0.15) is 11.1 Å². The molecular formula is C46H28F2N2O. The fraction of sp³-hybridized carbons (Fsp3) is 0. The van der Waals surface area contributed by atoms with E-state index in [0.717, 1.165) is 33.2 Å². The third-order valence-corrected chi connectivity index (χ3v) is 9.83. The maximum absolute atomic E-state index is 15.1. The molecule has 0 aliphatic rings. The third kappa shape index (κ3) is 4.70. The summed E-state index contributed by atoms with van der Waals surface area (Å²) in [5.74, 6) is -0.903. The molecule has 2 heterocycles. The standard InChI is InChI=1S/C46H28F2N2O/c47-37-12-4-6-14-39(37)50(40-15-7-5-13-38(40)48)34-22-24-36-35-23-19-29(27-43(35)51-44(36)28-34)17-18-30-25-32-21-20-31-9-8-16-41-45(31)46(32)42(26-30)49(41)33-10-2-1-3-11-33/h1-28H/b18-17+. The van der Waals surface area contributed by atoms with Gasteiger partial charge in [-0.05, 0) is 101 Å². The molecule has 0 atom stereocenters. The molecule has 0 N–H and O–H groups in total. The lowest BCUT2D eigenvalue weighted by atomic mass is 10.00. The molecule has 51 heavy (non-hydrogen) atoms. The van der Waals surface area contributed by atoms with Gasteiger partial charge in [0.2, 0.25) is 0 Å². The van der Waals surface area contributed by atoms with Crippen molar-refractivity contribution in [1.82, 2.24) is 4.57 Å². The number of furan rings is 1. The van der Waals surface area contributed by atoms with Crippen LogP contribution < -0.4 is 4.90 Å². The van der Waals surface area contributed by atoms with Crippen LogP contribution in [0.3, 0.4) is 0 Å². The largest absolute Gasteiger partial charge is 0.456 e. The van der Waals surface area contributed by atoms with Crippen molar-refractivity contribution < 1.29 is 13.2 Å². The lowest BCUT2D eigenvalue weighted by Crippen LogP contribution is -2.13. The molecule has 2 aromatic heterocycles. The minimum Gasteiger partial charge on any atom is -0.456 e. The fourth-order valence-electron chi connectivity index (χ4n) is 7.56. The van der Waals surface area contributed by atoms with E-state index in [4.69, 9.17) is 4.42 Å². The van der Waals surface area contributed by atoms with Crippen LogP contribution in [0, 0.1) is 11.6 Å². The zero-order chi connectivity index (χ0) is 34.1. The minimum absolute atomic E-state index is 0.248. The number of benzene rings is 8. The second-order valence-electron chi connectivity index (χ2n) is 12.9. The van der Waals surface area contributed by atoms with Crippen LogP contribution in [0.2, 0.25) is 0 Å². The van der Waals surface area contributed by atoms with Crippen molar-refractivity contribution in [2.45, 2.75) is 0 Å². The highest BCUT2D eigenvalue weighted by molar-refractivity contribution is 6.24. The third-order valence-electron chi connectivity index (χ3n) is 9.83. The first-order valence-electron chi connectivity index (χ1n) is 16.9. The smallest absolute Gasteiger partial charge is 0.147 e. The van der Waals surface area contributed by atoms with Gasteiger partial charge in [0.25, 0.3) is 0 Å². The van der Waals surface area contributed by atoms with Crippen LogP contribution in [0.15, 0.2) is 162 Å². The number of hydrogen-bond donors (Lipinski definition) is 0. The monoisotopic (exact) mass is 662 g/mol. The Morgan fingerprint density at radius 3 is 1.90 bits per heavy atom. The normalized spacial score (nSPS) is 12.0. The Kier molecular flexibility index (Phi) is 6.55. The van der Waals surface area contributed by atoms with Gasteiger partial charge in [-0.1, -0.05) is 84.9 Å². The van der Waals surface area contributed by atoms with Crippen molar-refractivity contribution in [1.29, 1.82) is 0 Å². The molecule has 0 aliphatic carbocycles. The van der Waals surface area contributed by atoms with E-state index in [-0.39, 0.29) is 11.4 Å². The number of hydrogen-bond acceptors (Lipinski definition) is 2. The first-order chi connectivity index (χ1) is 25.1. The number of anilines is 3. The summed E-state index contributed by atoms with van der Waals surface area (Å²) in [5, 5.41) is 6.90. The minimum atomic E-state index is -0.451. The average Bonchev–Trinajstić information content (AvgIpc) is 3.70. The van der Waals surface area contributed by atoms with Crippen molar-refractivity contribution >= 4 is 83.7 Å². The Morgan fingerprint density at radius 1 is 0.490 bits per heavy atom. The average molecular weight is 663 g/mol. The molecular weight excluding hydrogens is 635 g/mol. The lowest BCUT2D eigenvalue weighted by Gasteiger charge is -2.26. The highest BCUT2D eigenvalue weighted by Gasteiger charge is 2.21. The molecule has 0 saturated carbocycles. The maximum Gasteiger partial charge on any atom is 0.147 e. The summed E-state index contributed by atoms with van der Waals surface area (Å²) in [6.45, 7) is 0. The zero-order valence-corrected chi connectivity index (χ0v) is 27.2. The molecule has 0 saturated heterocycles. The summed E-state index contributed by atoms with van der Waals surface area (Å²) >= 11 is 0. The number of fused-ring (bicyclic) bond motifs is 3. The Morgan fingerprint density at radius 2 is 1.14 bits per heavy atom. The van der Waals surface area contributed by atoms with Gasteiger partial charge in [-0.25, -0.2) is 8.78 Å². The van der Waals surface area contributed by atoms with E-state index >= 15 is 8.78 Å². The topological polar surface area (TPSA) is 21.3 Å². The Balaban J connectivity index is 1.05. The molecule has 0 unspecified atom stereocenters. The maximum atomic E-state index is 15.1. The number of para-hydroxylation sites is 3. The number of rotatable bonds is 6. The van der Waals surface area contributed by atoms with Crippen LogP contribution in [0.5, 0.6) is 0 Å². The lowest BCUT2D eigenvalue weighted by molar-refractivity contribution is 0.619. The van der Waals surface area contributed by atoms with E-state index in [2.05, 4.69) is 95.6 Å². The van der Waals surface area contributed by atoms with Gasteiger partial charge in [0.15, 0.2) is 0 Å². The first kappa shape index (κ1) is 29.2. The second-order valence-corrected chi connectivity index (χ2v) is 12.9. The Labute approximate surface area is 291 Å². The van der Waals surface area contributed by atoms with Crippen LogP contribution >= 0.6 is 0 Å². The molecule has 10 rings (SSSR count). The Bertz CT molecular complexity index is 2910. The number of nitrogens with zero attached hydrogens (tertiary/aromatic N) is 2. The van der Waals surface area contributed by atoms with Gasteiger partial charge in [-0.15, -0.1) is 0 Å². The SMILES string of the molecule is Fc1ccccc1N(c1ccc2c(c1)oc1cc(/C=C/c3cc4ccc5cccc6c5c4c(c3)n6-c3ccccc3)ccc12)c1ccccc1F. The van der Waals surface area contributed by atoms with Crippen molar-refractivity contribution in [2.75, 3.05) is 4.90 Å². The number of aromatic nitrogens is 1. The van der Waals surface area contributed by atoms with Gasteiger partial charge < -0.3 is 13.9 Å². The molecule has 8 aromatic carbocycles. The molecule has 5 heteroatoms. The molecule has 0 bridgehead atoms. The highest BCUT2D eigenvalue weighted by Crippen LogP contribution is 2.42. The van der Waals surface area contributed by atoms with Crippen molar-refractivity contribution in [3.05, 3.63) is 180 Å². The second kappa shape index (κ2) is 11.4. The van der Waals surface area contributed by atoms with Gasteiger partial charge in [-0.2, -0.15) is 0 Å². The quantitative estimate of drug-likeness (QED) is 0.131. The zero-order valence-electron chi connectivity index (χ0n) is 27.2. The van der Waals surface area contributed by atoms with E-state index in [1.54, 1.807) is 41.3 Å². The van der Waals surface area contributed by atoms with Crippen LogP contribution in [-0.2, 0) is 0 Å². The molecule has 0 radical (unpaired) electrons. The fourth-order valence-corrected chi connectivity index (χ4v) is 7.56. The highest BCUT2D eigenvalue weighted by atomic mass is 19.1. The van der Waals surface area contributed by atoms with Gasteiger partial charge >= 0.3 is 0 Å². The van der Waals surface area contributed by atoms with E-state index in [0.29, 0.717) is 11.3 Å². The molecule has 3 nitrogen and oxygen atoms in total. The van der Waals surface area contributed by atoms with Gasteiger partial charge in [0.1, 0.15) is 22.8 Å². The number of halogens is 2. The molecule has 242 valence electrons. The molecule has 0 amide bonds.